The van der Waals surface area contributed by atoms with E-state index in [4.69, 9.17) is 0 Å². The summed E-state index contributed by atoms with van der Waals surface area (Å²) >= 11 is 0.508. The number of rotatable bonds is 0. The predicted octanol–water partition coefficient (Wildman–Crippen LogP) is -0.0298. The van der Waals surface area contributed by atoms with Gasteiger partial charge >= 0.3 is 51.4 Å². The van der Waals surface area contributed by atoms with E-state index in [-0.39, 0.29) is 56.9 Å². The summed E-state index contributed by atoms with van der Waals surface area (Å²) < 4.78 is 0. The Morgan fingerprint density at radius 2 is 1.38 bits per heavy atom. The van der Waals surface area contributed by atoms with Crippen molar-refractivity contribution in [2.24, 2.45) is 0 Å². The quantitative estimate of drug-likeness (QED) is 0.441. The summed E-state index contributed by atoms with van der Waals surface area (Å²) in [6.45, 7) is 0. The molecule has 0 aromatic rings. The third-order valence-electron chi connectivity index (χ3n) is 1.50. The van der Waals surface area contributed by atoms with Crippen molar-refractivity contribution in [3.05, 3.63) is 0 Å². The molecular formula is C5H14AlKO. The van der Waals surface area contributed by atoms with Crippen LogP contribution in [-0.2, 0) is 0 Å². The van der Waals surface area contributed by atoms with E-state index in [0.717, 1.165) is 0 Å². The molecule has 0 bridgehead atoms. The van der Waals surface area contributed by atoms with Gasteiger partial charge in [-0.25, -0.2) is 0 Å². The van der Waals surface area contributed by atoms with Gasteiger partial charge in [0.25, 0.3) is 0 Å². The average Bonchev–Trinajstić information content (AvgIpc) is 1.72. The van der Waals surface area contributed by atoms with Gasteiger partial charge in [0.1, 0.15) is 0 Å². The molecule has 1 aliphatic rings. The third-order valence-corrected chi connectivity index (χ3v) is 3.50. The van der Waals surface area contributed by atoms with E-state index in [1.54, 1.807) is 23.4 Å². The monoisotopic (exact) mass is 156 g/mol. The van der Waals surface area contributed by atoms with E-state index < -0.39 is 0 Å². The molecular weight excluding hydrogens is 142 g/mol. The van der Waals surface area contributed by atoms with Gasteiger partial charge in [0, 0.05) is 0 Å². The third kappa shape index (κ3) is 6.25. The molecule has 0 saturated carbocycles. The summed E-state index contributed by atoms with van der Waals surface area (Å²) in [5, 5.41) is 3.28. The zero-order chi connectivity index (χ0) is 4.24. The van der Waals surface area contributed by atoms with Gasteiger partial charge < -0.3 is 5.48 Å². The van der Waals surface area contributed by atoms with Crippen molar-refractivity contribution in [3.63, 3.8) is 0 Å². The van der Waals surface area contributed by atoms with Crippen molar-refractivity contribution < 1.29 is 5.48 Å². The van der Waals surface area contributed by atoms with Crippen molar-refractivity contribution in [3.8, 4) is 0 Å². The zero-order valence-electron chi connectivity index (χ0n) is 4.74. The molecule has 3 heteroatoms. The molecule has 1 nitrogen and oxygen atoms in total. The molecule has 1 fully saturated rings. The van der Waals surface area contributed by atoms with Gasteiger partial charge in [-0.15, -0.1) is 0 Å². The second kappa shape index (κ2) is 9.13. The summed E-state index contributed by atoms with van der Waals surface area (Å²) in [5.74, 6) is 0. The molecule has 44 valence electrons. The fourth-order valence-electron chi connectivity index (χ4n) is 1.06. The van der Waals surface area contributed by atoms with Crippen molar-refractivity contribution in [2.45, 2.75) is 29.8 Å². The van der Waals surface area contributed by atoms with E-state index in [0.29, 0.717) is 15.2 Å². The molecule has 0 aromatic heterocycles. The molecule has 2 N–H and O–H groups in total. The topological polar surface area (TPSA) is 31.5 Å². The molecule has 1 rings (SSSR count). The van der Waals surface area contributed by atoms with Gasteiger partial charge in [0.2, 0.25) is 15.2 Å². The average molecular weight is 156 g/mol. The van der Waals surface area contributed by atoms with Crippen LogP contribution in [0.1, 0.15) is 19.3 Å². The second-order valence-corrected chi connectivity index (χ2v) is 4.24. The minimum atomic E-state index is 0. The Labute approximate surface area is 100 Å². The van der Waals surface area contributed by atoms with Crippen LogP contribution in [0.3, 0.4) is 0 Å². The Bertz CT molecular complexity index is 27.9. The van der Waals surface area contributed by atoms with Crippen LogP contribution in [0, 0.1) is 0 Å². The molecule has 8 heavy (non-hydrogen) atoms. The van der Waals surface area contributed by atoms with Crippen LogP contribution in [0.5, 0.6) is 0 Å². The van der Waals surface area contributed by atoms with Gasteiger partial charge in [-0.05, 0) is 0 Å². The van der Waals surface area contributed by atoms with Crippen molar-refractivity contribution in [2.75, 3.05) is 0 Å². The molecule has 1 saturated heterocycles. The van der Waals surface area contributed by atoms with Crippen LogP contribution in [-0.4, -0.2) is 72.1 Å². The van der Waals surface area contributed by atoms with E-state index in [9.17, 15) is 0 Å². The first-order valence-electron chi connectivity index (χ1n) is 3.00. The Morgan fingerprint density at radius 3 is 1.50 bits per heavy atom. The van der Waals surface area contributed by atoms with E-state index >= 15 is 0 Å². The SMILES string of the molecule is C1C[CH2][AlH][CH2]C1.O.[KH]. The van der Waals surface area contributed by atoms with Crippen LogP contribution in [0.4, 0.5) is 0 Å². The fraction of sp³-hybridized carbons (Fsp3) is 1.00. The number of hydrogen-bond acceptors (Lipinski definition) is 0. The van der Waals surface area contributed by atoms with E-state index in [1.165, 1.54) is 6.42 Å². The molecule has 0 spiro atoms. The van der Waals surface area contributed by atoms with Crippen molar-refractivity contribution >= 4 is 66.6 Å². The standard InChI is InChI=1S/C5H10.Al.K.H2O.2H/c1-3-5-4-2;;;;;/h1-5H2;;;1H2;;. The summed E-state index contributed by atoms with van der Waals surface area (Å²) in [7, 11) is 0. The maximum atomic E-state index is 1.64. The van der Waals surface area contributed by atoms with Crippen LogP contribution in [0.25, 0.3) is 0 Å². The van der Waals surface area contributed by atoms with Crippen LogP contribution in [0.2, 0.25) is 10.6 Å². The fourth-order valence-corrected chi connectivity index (χ4v) is 2.83. The van der Waals surface area contributed by atoms with Gasteiger partial charge in [0.05, 0.1) is 0 Å². The van der Waals surface area contributed by atoms with E-state index in [1.807, 2.05) is 0 Å². The number of hydrogen-bond donors (Lipinski definition) is 0. The summed E-state index contributed by atoms with van der Waals surface area (Å²) in [6.07, 6.45) is 4.66. The maximum absolute atomic E-state index is 1.64. The molecule has 0 aromatic carbocycles. The predicted molar refractivity (Wildman–Crippen MR) is 41.4 cm³/mol. The molecule has 0 unspecified atom stereocenters. The molecule has 1 aliphatic heterocycles. The molecule has 0 amide bonds. The zero-order valence-corrected chi connectivity index (χ0v) is 6.16. The molecule has 0 radical (unpaired) electrons. The minimum absolute atomic E-state index is 0. The van der Waals surface area contributed by atoms with Crippen molar-refractivity contribution in [1.29, 1.82) is 0 Å². The summed E-state index contributed by atoms with van der Waals surface area (Å²) in [5.41, 5.74) is 0. The van der Waals surface area contributed by atoms with Gasteiger partial charge in [-0.1, -0.05) is 29.8 Å². The molecule has 1 heterocycles. The second-order valence-electron chi connectivity index (χ2n) is 2.12. The van der Waals surface area contributed by atoms with E-state index in [2.05, 4.69) is 0 Å². The molecule has 0 aliphatic carbocycles. The first-order valence-corrected chi connectivity index (χ1v) is 5.00. The Kier molecular flexibility index (Phi) is 14.6. The van der Waals surface area contributed by atoms with Gasteiger partial charge in [-0.3, -0.25) is 0 Å². The molecule has 0 atom stereocenters. The van der Waals surface area contributed by atoms with Crippen molar-refractivity contribution in [1.82, 2.24) is 0 Å². The summed E-state index contributed by atoms with van der Waals surface area (Å²) in [4.78, 5) is 0. The van der Waals surface area contributed by atoms with Crippen LogP contribution in [0.15, 0.2) is 0 Å². The van der Waals surface area contributed by atoms with Crippen LogP contribution >= 0.6 is 0 Å². The normalized spacial score (nSPS) is 17.0. The Morgan fingerprint density at radius 1 is 0.875 bits per heavy atom. The Balaban J connectivity index is 0. The summed E-state index contributed by atoms with van der Waals surface area (Å²) in [6, 6.07) is 0. The van der Waals surface area contributed by atoms with Gasteiger partial charge in [-0.2, -0.15) is 0 Å². The first kappa shape index (κ1) is 12.8. The first-order chi connectivity index (χ1) is 3.00. The Hall–Kier alpha value is 2.13. The van der Waals surface area contributed by atoms with Crippen LogP contribution < -0.4 is 0 Å². The van der Waals surface area contributed by atoms with Gasteiger partial charge in [0.15, 0.2) is 0 Å².